The number of benzene rings is 2. The summed E-state index contributed by atoms with van der Waals surface area (Å²) in [6, 6.07) is 13.9. The molecule has 6 heteroatoms. The molecule has 0 atom stereocenters. The Bertz CT molecular complexity index is 705. The van der Waals surface area contributed by atoms with Gasteiger partial charge < -0.3 is 20.5 Å². The van der Waals surface area contributed by atoms with E-state index in [0.717, 1.165) is 35.6 Å². The van der Waals surface area contributed by atoms with Gasteiger partial charge in [0.1, 0.15) is 11.5 Å². The zero-order chi connectivity index (χ0) is 17.4. The summed E-state index contributed by atoms with van der Waals surface area (Å²) in [6.45, 7) is 2.69. The van der Waals surface area contributed by atoms with Crippen molar-refractivity contribution in [1.82, 2.24) is 0 Å². The quantitative estimate of drug-likeness (QED) is 0.378. The largest absolute Gasteiger partial charge is 0.497 e. The number of nitrogens with zero attached hydrogens (tertiary/aromatic N) is 1. The fourth-order valence-electron chi connectivity index (χ4n) is 2.43. The number of aliphatic imine (C=N–C) groups is 1. The topological polar surface area (TPSA) is 68.9 Å². The van der Waals surface area contributed by atoms with E-state index in [4.69, 9.17) is 15.2 Å². The van der Waals surface area contributed by atoms with Gasteiger partial charge >= 0.3 is 0 Å². The van der Waals surface area contributed by atoms with Crippen molar-refractivity contribution >= 4 is 35.6 Å². The Morgan fingerprint density at radius 2 is 1.92 bits per heavy atom. The van der Waals surface area contributed by atoms with Gasteiger partial charge in [-0.15, -0.1) is 24.0 Å². The summed E-state index contributed by atoms with van der Waals surface area (Å²) in [5.41, 5.74) is 9.23. The number of halogens is 1. The minimum atomic E-state index is 0. The Balaban J connectivity index is 0.00000312. The van der Waals surface area contributed by atoms with Gasteiger partial charge in [0, 0.05) is 12.2 Å². The van der Waals surface area contributed by atoms with Crippen molar-refractivity contribution in [2.75, 3.05) is 26.1 Å². The molecule has 0 bridgehead atoms. The maximum atomic E-state index is 5.97. The predicted molar refractivity (Wildman–Crippen MR) is 115 cm³/mol. The first kappa shape index (κ1) is 21.1. The fraction of sp³-hybridized carbons (Fsp3) is 0.316. The maximum Gasteiger partial charge on any atom is 0.193 e. The number of hydrogen-bond acceptors (Lipinski definition) is 3. The highest BCUT2D eigenvalue weighted by Gasteiger charge is 2.05. The Morgan fingerprint density at radius 1 is 1.12 bits per heavy atom. The van der Waals surface area contributed by atoms with Crippen molar-refractivity contribution in [3.63, 3.8) is 0 Å². The molecule has 0 heterocycles. The summed E-state index contributed by atoms with van der Waals surface area (Å²) in [5, 5.41) is 3.13. The molecule has 0 saturated heterocycles. The summed E-state index contributed by atoms with van der Waals surface area (Å²) in [6.07, 6.45) is 1.71. The standard InChI is InChI=1S/C19H25N3O2.HI/c1-4-14-6-5-7-16(12-14)22-19(20)21-11-10-15-13-17(23-2)8-9-18(15)24-3;/h5-9,12-13H,4,10-11H2,1-3H3,(H3,20,21,22);1H. The molecule has 136 valence electrons. The van der Waals surface area contributed by atoms with Crippen LogP contribution in [-0.4, -0.2) is 26.7 Å². The van der Waals surface area contributed by atoms with E-state index in [2.05, 4.69) is 29.4 Å². The van der Waals surface area contributed by atoms with Gasteiger partial charge in [-0.3, -0.25) is 4.99 Å². The lowest BCUT2D eigenvalue weighted by atomic mass is 10.1. The van der Waals surface area contributed by atoms with Crippen LogP contribution in [0.25, 0.3) is 0 Å². The van der Waals surface area contributed by atoms with Crippen molar-refractivity contribution in [2.45, 2.75) is 19.8 Å². The molecule has 5 nitrogen and oxygen atoms in total. The van der Waals surface area contributed by atoms with Crippen LogP contribution in [0.5, 0.6) is 11.5 Å². The molecule has 0 aromatic heterocycles. The van der Waals surface area contributed by atoms with Gasteiger partial charge in [0.25, 0.3) is 0 Å². The molecule has 0 aliphatic heterocycles. The summed E-state index contributed by atoms with van der Waals surface area (Å²) in [7, 11) is 3.31. The number of rotatable bonds is 7. The number of aryl methyl sites for hydroxylation is 1. The van der Waals surface area contributed by atoms with Crippen LogP contribution in [-0.2, 0) is 12.8 Å². The van der Waals surface area contributed by atoms with Gasteiger partial charge in [-0.1, -0.05) is 19.1 Å². The van der Waals surface area contributed by atoms with Crippen LogP contribution < -0.4 is 20.5 Å². The molecule has 0 amide bonds. The third kappa shape index (κ3) is 6.45. The van der Waals surface area contributed by atoms with E-state index >= 15 is 0 Å². The van der Waals surface area contributed by atoms with Crippen molar-refractivity contribution in [2.24, 2.45) is 10.7 Å². The molecule has 0 radical (unpaired) electrons. The maximum absolute atomic E-state index is 5.97. The van der Waals surface area contributed by atoms with E-state index in [1.807, 2.05) is 30.3 Å². The van der Waals surface area contributed by atoms with Crippen molar-refractivity contribution in [3.05, 3.63) is 53.6 Å². The van der Waals surface area contributed by atoms with Crippen molar-refractivity contribution < 1.29 is 9.47 Å². The Morgan fingerprint density at radius 3 is 2.60 bits per heavy atom. The third-order valence-corrected chi connectivity index (χ3v) is 3.76. The minimum absolute atomic E-state index is 0. The molecule has 0 fully saturated rings. The number of guanidine groups is 1. The highest BCUT2D eigenvalue weighted by Crippen LogP contribution is 2.24. The van der Waals surface area contributed by atoms with E-state index in [0.29, 0.717) is 12.5 Å². The lowest BCUT2D eigenvalue weighted by molar-refractivity contribution is 0.399. The highest BCUT2D eigenvalue weighted by atomic mass is 127. The van der Waals surface area contributed by atoms with E-state index in [-0.39, 0.29) is 24.0 Å². The number of nitrogens with two attached hydrogens (primary N) is 1. The highest BCUT2D eigenvalue weighted by molar-refractivity contribution is 14.0. The molecule has 0 aliphatic rings. The number of ether oxygens (including phenoxy) is 2. The molecule has 3 N–H and O–H groups in total. The molecule has 25 heavy (non-hydrogen) atoms. The molecule has 2 rings (SSSR count). The molecule has 0 spiro atoms. The molecular weight excluding hydrogens is 429 g/mol. The molecule has 0 unspecified atom stereocenters. The van der Waals surface area contributed by atoms with Gasteiger partial charge in [-0.2, -0.15) is 0 Å². The number of methoxy groups -OCH3 is 2. The molecule has 0 aliphatic carbocycles. The van der Waals surface area contributed by atoms with Crippen LogP contribution in [0.4, 0.5) is 5.69 Å². The van der Waals surface area contributed by atoms with E-state index < -0.39 is 0 Å². The van der Waals surface area contributed by atoms with Gasteiger partial charge in [0.15, 0.2) is 5.96 Å². The molecule has 2 aromatic carbocycles. The summed E-state index contributed by atoms with van der Waals surface area (Å²) >= 11 is 0. The van der Waals surface area contributed by atoms with E-state index in [1.165, 1.54) is 5.56 Å². The SMILES string of the molecule is CCc1cccc(NC(N)=NCCc2cc(OC)ccc2OC)c1.I. The van der Waals surface area contributed by atoms with Gasteiger partial charge in [0.2, 0.25) is 0 Å². The predicted octanol–water partition coefficient (Wildman–Crippen LogP) is 3.85. The summed E-state index contributed by atoms with van der Waals surface area (Å²) < 4.78 is 10.6. The number of nitrogens with one attached hydrogen (secondary N) is 1. The summed E-state index contributed by atoms with van der Waals surface area (Å²) in [5.74, 6) is 2.04. The molecule has 2 aromatic rings. The first-order valence-corrected chi connectivity index (χ1v) is 8.03. The minimum Gasteiger partial charge on any atom is -0.497 e. The Labute approximate surface area is 166 Å². The lowest BCUT2D eigenvalue weighted by Crippen LogP contribution is -2.23. The van der Waals surface area contributed by atoms with E-state index in [9.17, 15) is 0 Å². The second kappa shape index (κ2) is 10.8. The Hall–Kier alpha value is -1.96. The van der Waals surface area contributed by atoms with Gasteiger partial charge in [0.05, 0.1) is 14.2 Å². The average Bonchev–Trinajstić information content (AvgIpc) is 2.61. The van der Waals surface area contributed by atoms with E-state index in [1.54, 1.807) is 14.2 Å². The summed E-state index contributed by atoms with van der Waals surface area (Å²) in [4.78, 5) is 4.39. The van der Waals surface area contributed by atoms with Gasteiger partial charge in [-0.05, 0) is 54.3 Å². The zero-order valence-corrected chi connectivity index (χ0v) is 17.2. The number of hydrogen-bond donors (Lipinski definition) is 2. The smallest absolute Gasteiger partial charge is 0.193 e. The third-order valence-electron chi connectivity index (χ3n) is 3.76. The normalized spacial score (nSPS) is 10.8. The fourth-order valence-corrected chi connectivity index (χ4v) is 2.43. The van der Waals surface area contributed by atoms with Crippen molar-refractivity contribution in [1.29, 1.82) is 0 Å². The molecular formula is C19H26IN3O2. The first-order valence-electron chi connectivity index (χ1n) is 8.03. The number of anilines is 1. The van der Waals surface area contributed by atoms with Crippen LogP contribution in [0.2, 0.25) is 0 Å². The average molecular weight is 455 g/mol. The van der Waals surface area contributed by atoms with Crippen LogP contribution in [0.1, 0.15) is 18.1 Å². The van der Waals surface area contributed by atoms with Gasteiger partial charge in [-0.25, -0.2) is 0 Å². The molecule has 0 saturated carbocycles. The lowest BCUT2D eigenvalue weighted by Gasteiger charge is -2.10. The van der Waals surface area contributed by atoms with Crippen LogP contribution in [0.15, 0.2) is 47.5 Å². The van der Waals surface area contributed by atoms with Crippen LogP contribution in [0, 0.1) is 0 Å². The monoisotopic (exact) mass is 455 g/mol. The Kier molecular flexibility index (Phi) is 9.12. The van der Waals surface area contributed by atoms with Crippen LogP contribution in [0.3, 0.4) is 0 Å². The zero-order valence-electron chi connectivity index (χ0n) is 14.9. The first-order chi connectivity index (χ1) is 11.7. The second-order valence-electron chi connectivity index (χ2n) is 5.37. The van der Waals surface area contributed by atoms with Crippen molar-refractivity contribution in [3.8, 4) is 11.5 Å². The van der Waals surface area contributed by atoms with Crippen LogP contribution >= 0.6 is 24.0 Å². The second-order valence-corrected chi connectivity index (χ2v) is 5.37.